The number of hydrogen-bond donors (Lipinski definition) is 2. The Labute approximate surface area is 148 Å². The van der Waals surface area contributed by atoms with Gasteiger partial charge in [-0.05, 0) is 31.7 Å². The third kappa shape index (κ3) is 5.43. The normalized spacial score (nSPS) is 16.8. The predicted molar refractivity (Wildman–Crippen MR) is 85.6 cm³/mol. The molecule has 10 heteroatoms. The van der Waals surface area contributed by atoms with Crippen molar-refractivity contribution in [3.63, 3.8) is 0 Å². The lowest BCUT2D eigenvalue weighted by Gasteiger charge is -2.29. The second kappa shape index (κ2) is 8.18. The summed E-state index contributed by atoms with van der Waals surface area (Å²) >= 11 is 0. The zero-order chi connectivity index (χ0) is 18.0. The molecule has 3 N–H and O–H groups in total. The fourth-order valence-corrected chi connectivity index (χ4v) is 2.20. The van der Waals surface area contributed by atoms with E-state index in [0.29, 0.717) is 12.5 Å². The molecule has 1 atom stereocenters. The molecular weight excluding hydrogens is 366 g/mol. The molecule has 1 saturated carbocycles. The fourth-order valence-electron chi connectivity index (χ4n) is 2.20. The number of alkyl halides is 4. The smallest absolute Gasteiger partial charge is 0.340 e. The van der Waals surface area contributed by atoms with Gasteiger partial charge in [-0.2, -0.15) is 8.78 Å². The van der Waals surface area contributed by atoms with E-state index in [2.05, 4.69) is 15.0 Å². The fraction of sp³-hybridized carbons (Fsp3) is 0.600. The standard InChI is InChI=1S/C15H19F4N3O2.ClH/c1-14(7-20,10-3-4-10)22-12(23)9-2-5-11(21-6-9)24-8-15(18,19)13(16)17;/h2,5-6,10,13H,3-4,7-8,20H2,1H3,(H,22,23);1H. The van der Waals surface area contributed by atoms with Gasteiger partial charge in [0.2, 0.25) is 5.88 Å². The van der Waals surface area contributed by atoms with Crippen LogP contribution in [0.2, 0.25) is 0 Å². The molecular formula is C15H20ClF4N3O2. The minimum Gasteiger partial charge on any atom is -0.471 e. The van der Waals surface area contributed by atoms with E-state index in [-0.39, 0.29) is 23.9 Å². The largest absolute Gasteiger partial charge is 0.471 e. The van der Waals surface area contributed by atoms with Crippen molar-refractivity contribution in [2.75, 3.05) is 13.2 Å². The van der Waals surface area contributed by atoms with Crippen LogP contribution in [0.3, 0.4) is 0 Å². The minimum absolute atomic E-state index is 0. The quantitative estimate of drug-likeness (QED) is 0.674. The van der Waals surface area contributed by atoms with Crippen LogP contribution in [0.5, 0.6) is 5.88 Å². The number of carbonyl (C=O) groups excluding carboxylic acids is 1. The second-order valence-corrected chi connectivity index (χ2v) is 6.09. The molecule has 0 aliphatic heterocycles. The summed E-state index contributed by atoms with van der Waals surface area (Å²) in [5.41, 5.74) is 5.41. The SMILES string of the molecule is CC(CN)(NC(=O)c1ccc(OCC(F)(F)C(F)F)nc1)C1CC1.Cl. The molecule has 0 saturated heterocycles. The lowest BCUT2D eigenvalue weighted by Crippen LogP contribution is -2.53. The van der Waals surface area contributed by atoms with Gasteiger partial charge in [0.05, 0.1) is 11.1 Å². The molecule has 1 aromatic heterocycles. The van der Waals surface area contributed by atoms with E-state index in [1.165, 1.54) is 12.1 Å². The van der Waals surface area contributed by atoms with Crippen LogP contribution < -0.4 is 15.8 Å². The summed E-state index contributed by atoms with van der Waals surface area (Å²) in [4.78, 5) is 15.9. The predicted octanol–water partition coefficient (Wildman–Crippen LogP) is 2.64. The third-order valence-electron chi connectivity index (χ3n) is 4.03. The van der Waals surface area contributed by atoms with Gasteiger partial charge in [-0.1, -0.05) is 0 Å². The molecule has 1 amide bonds. The maximum atomic E-state index is 12.8. The van der Waals surface area contributed by atoms with Crippen LogP contribution >= 0.6 is 12.4 Å². The lowest BCUT2D eigenvalue weighted by atomic mass is 9.95. The van der Waals surface area contributed by atoms with Gasteiger partial charge in [0.15, 0.2) is 6.61 Å². The van der Waals surface area contributed by atoms with Crippen molar-refractivity contribution in [1.29, 1.82) is 0 Å². The first kappa shape index (κ1) is 21.4. The Balaban J connectivity index is 0.00000312. The minimum atomic E-state index is -4.26. The number of aromatic nitrogens is 1. The molecule has 1 aliphatic carbocycles. The molecule has 1 unspecified atom stereocenters. The van der Waals surface area contributed by atoms with Gasteiger partial charge in [0, 0.05) is 18.8 Å². The Morgan fingerprint density at radius 3 is 2.52 bits per heavy atom. The molecule has 1 aromatic rings. The Hall–Kier alpha value is -1.61. The number of nitrogens with zero attached hydrogens (tertiary/aromatic N) is 1. The van der Waals surface area contributed by atoms with Crippen LogP contribution in [0.15, 0.2) is 18.3 Å². The number of rotatable bonds is 8. The monoisotopic (exact) mass is 385 g/mol. The number of pyridine rings is 1. The van der Waals surface area contributed by atoms with Crippen LogP contribution in [0, 0.1) is 5.92 Å². The number of ether oxygens (including phenoxy) is 1. The average Bonchev–Trinajstić information content (AvgIpc) is 3.38. The van der Waals surface area contributed by atoms with E-state index in [1.807, 2.05) is 6.92 Å². The molecule has 0 bridgehead atoms. The molecule has 5 nitrogen and oxygen atoms in total. The van der Waals surface area contributed by atoms with E-state index in [0.717, 1.165) is 19.0 Å². The average molecular weight is 386 g/mol. The molecule has 1 aliphatic rings. The summed E-state index contributed by atoms with van der Waals surface area (Å²) in [5, 5.41) is 2.85. The van der Waals surface area contributed by atoms with Gasteiger partial charge >= 0.3 is 12.3 Å². The second-order valence-electron chi connectivity index (χ2n) is 6.09. The molecule has 25 heavy (non-hydrogen) atoms. The van der Waals surface area contributed by atoms with Gasteiger partial charge < -0.3 is 15.8 Å². The van der Waals surface area contributed by atoms with Crippen LogP contribution in [0.4, 0.5) is 17.6 Å². The number of nitrogens with one attached hydrogen (secondary N) is 1. The van der Waals surface area contributed by atoms with Crippen molar-refractivity contribution in [3.05, 3.63) is 23.9 Å². The van der Waals surface area contributed by atoms with Gasteiger partial charge in [-0.25, -0.2) is 13.8 Å². The van der Waals surface area contributed by atoms with Crippen LogP contribution in [0.1, 0.15) is 30.1 Å². The number of hydrogen-bond acceptors (Lipinski definition) is 4. The van der Waals surface area contributed by atoms with Gasteiger partial charge in [-0.3, -0.25) is 4.79 Å². The van der Waals surface area contributed by atoms with E-state index >= 15 is 0 Å². The summed E-state index contributed by atoms with van der Waals surface area (Å²) < 4.78 is 54.1. The Morgan fingerprint density at radius 1 is 1.44 bits per heavy atom. The van der Waals surface area contributed by atoms with Crippen molar-refractivity contribution < 1.29 is 27.1 Å². The van der Waals surface area contributed by atoms with Crippen LogP contribution in [0.25, 0.3) is 0 Å². The van der Waals surface area contributed by atoms with Crippen LogP contribution in [-0.4, -0.2) is 41.9 Å². The Morgan fingerprint density at radius 2 is 2.08 bits per heavy atom. The van der Waals surface area contributed by atoms with Crippen molar-refractivity contribution in [1.82, 2.24) is 10.3 Å². The zero-order valence-corrected chi connectivity index (χ0v) is 14.3. The van der Waals surface area contributed by atoms with Gasteiger partial charge in [-0.15, -0.1) is 12.4 Å². The summed E-state index contributed by atoms with van der Waals surface area (Å²) in [6.07, 6.45) is -0.692. The van der Waals surface area contributed by atoms with Crippen molar-refractivity contribution >= 4 is 18.3 Å². The van der Waals surface area contributed by atoms with E-state index in [1.54, 1.807) is 0 Å². The molecule has 142 valence electrons. The van der Waals surface area contributed by atoms with Crippen LogP contribution in [-0.2, 0) is 0 Å². The summed E-state index contributed by atoms with van der Waals surface area (Å²) in [7, 11) is 0. The number of amides is 1. The van der Waals surface area contributed by atoms with E-state index < -0.39 is 30.4 Å². The van der Waals surface area contributed by atoms with Crippen molar-refractivity contribution in [2.45, 2.75) is 37.7 Å². The van der Waals surface area contributed by atoms with E-state index in [9.17, 15) is 22.4 Å². The Kier molecular flexibility index (Phi) is 7.01. The first-order chi connectivity index (χ1) is 11.2. The van der Waals surface area contributed by atoms with Crippen molar-refractivity contribution in [3.8, 4) is 5.88 Å². The highest BCUT2D eigenvalue weighted by Gasteiger charge is 2.42. The van der Waals surface area contributed by atoms with E-state index in [4.69, 9.17) is 5.73 Å². The highest BCUT2D eigenvalue weighted by molar-refractivity contribution is 5.94. The molecule has 0 aromatic carbocycles. The number of carbonyl (C=O) groups is 1. The highest BCUT2D eigenvalue weighted by Crippen LogP contribution is 2.39. The molecule has 0 radical (unpaired) electrons. The first-order valence-electron chi connectivity index (χ1n) is 7.45. The summed E-state index contributed by atoms with van der Waals surface area (Å²) in [6.45, 7) is 0.663. The molecule has 1 fully saturated rings. The lowest BCUT2D eigenvalue weighted by molar-refractivity contribution is -0.148. The molecule has 1 heterocycles. The molecule has 2 rings (SSSR count). The summed E-state index contributed by atoms with van der Waals surface area (Å²) in [5.74, 6) is -4.59. The van der Waals surface area contributed by atoms with Crippen molar-refractivity contribution in [2.24, 2.45) is 11.7 Å². The maximum absolute atomic E-state index is 12.8. The number of nitrogens with two attached hydrogens (primary N) is 1. The Bertz CT molecular complexity index is 585. The third-order valence-corrected chi connectivity index (χ3v) is 4.03. The van der Waals surface area contributed by atoms with Gasteiger partial charge in [0.1, 0.15) is 0 Å². The van der Waals surface area contributed by atoms with Gasteiger partial charge in [0.25, 0.3) is 5.91 Å². The maximum Gasteiger partial charge on any atom is 0.340 e. The molecule has 0 spiro atoms. The highest BCUT2D eigenvalue weighted by atomic mass is 35.5. The topological polar surface area (TPSA) is 77.2 Å². The first-order valence-corrected chi connectivity index (χ1v) is 7.45. The number of halogens is 5. The summed E-state index contributed by atoms with van der Waals surface area (Å²) in [6, 6.07) is 2.50. The zero-order valence-electron chi connectivity index (χ0n) is 13.5.